The normalized spacial score (nSPS) is 24.3. The van der Waals surface area contributed by atoms with Gasteiger partial charge in [0.15, 0.2) is 5.72 Å². The molecular formula is C11H14N2O2. The number of amides is 1. The first-order valence-electron chi connectivity index (χ1n) is 4.94. The molecule has 1 aromatic carbocycles. The molecule has 0 aliphatic carbocycles. The van der Waals surface area contributed by atoms with Crippen molar-refractivity contribution in [3.05, 3.63) is 35.4 Å². The zero-order chi connectivity index (χ0) is 10.9. The lowest BCUT2D eigenvalue weighted by Gasteiger charge is -2.35. The van der Waals surface area contributed by atoms with E-state index in [-0.39, 0.29) is 0 Å². The van der Waals surface area contributed by atoms with Crippen LogP contribution in [-0.2, 0) is 16.9 Å². The standard InChI is InChI=1S/C11H14N2O2/c1-11(15-10(12)14)9-5-3-2-4-8(9)6-7-13-11/h2-5,13H,6-7H2,1H3,(H2,12,14). The molecule has 0 spiro atoms. The lowest BCUT2D eigenvalue weighted by atomic mass is 9.92. The molecular weight excluding hydrogens is 192 g/mol. The van der Waals surface area contributed by atoms with Gasteiger partial charge in [-0.05, 0) is 18.9 Å². The van der Waals surface area contributed by atoms with E-state index >= 15 is 0 Å². The van der Waals surface area contributed by atoms with Gasteiger partial charge in [-0.3, -0.25) is 5.32 Å². The van der Waals surface area contributed by atoms with Crippen molar-refractivity contribution in [2.75, 3.05) is 6.54 Å². The average Bonchev–Trinajstić information content (AvgIpc) is 2.17. The summed E-state index contributed by atoms with van der Waals surface area (Å²) in [4.78, 5) is 10.8. The minimum atomic E-state index is -0.791. The van der Waals surface area contributed by atoms with E-state index in [2.05, 4.69) is 5.32 Å². The molecule has 80 valence electrons. The highest BCUT2D eigenvalue weighted by atomic mass is 16.6. The van der Waals surface area contributed by atoms with Crippen LogP contribution in [0.5, 0.6) is 0 Å². The van der Waals surface area contributed by atoms with Crippen LogP contribution in [-0.4, -0.2) is 12.6 Å². The van der Waals surface area contributed by atoms with Gasteiger partial charge in [0.25, 0.3) is 0 Å². The average molecular weight is 206 g/mol. The number of carbonyl (C=O) groups is 1. The second-order valence-corrected chi connectivity index (χ2v) is 3.79. The molecule has 1 unspecified atom stereocenters. The summed E-state index contributed by atoms with van der Waals surface area (Å²) in [6.07, 6.45) is 0.176. The maximum atomic E-state index is 10.8. The molecule has 0 fully saturated rings. The summed E-state index contributed by atoms with van der Waals surface area (Å²) in [5, 5.41) is 3.16. The summed E-state index contributed by atoms with van der Waals surface area (Å²) < 4.78 is 5.13. The summed E-state index contributed by atoms with van der Waals surface area (Å²) in [6.45, 7) is 2.59. The van der Waals surface area contributed by atoms with Gasteiger partial charge in [-0.2, -0.15) is 0 Å². The van der Waals surface area contributed by atoms with Gasteiger partial charge in [0.2, 0.25) is 0 Å². The first-order chi connectivity index (χ1) is 7.12. The van der Waals surface area contributed by atoms with E-state index in [1.165, 1.54) is 5.56 Å². The molecule has 1 aliphatic heterocycles. The van der Waals surface area contributed by atoms with Crippen molar-refractivity contribution in [2.45, 2.75) is 19.1 Å². The first kappa shape index (κ1) is 9.98. The molecule has 0 radical (unpaired) electrons. The number of hydrogen-bond donors (Lipinski definition) is 2. The van der Waals surface area contributed by atoms with Crippen LogP contribution in [0.15, 0.2) is 24.3 Å². The van der Waals surface area contributed by atoms with Crippen LogP contribution >= 0.6 is 0 Å². The fraction of sp³-hybridized carbons (Fsp3) is 0.364. The summed E-state index contributed by atoms with van der Waals surface area (Å²) in [7, 11) is 0. The minimum Gasteiger partial charge on any atom is -0.424 e. The molecule has 4 nitrogen and oxygen atoms in total. The van der Waals surface area contributed by atoms with Crippen molar-refractivity contribution in [1.82, 2.24) is 5.32 Å². The first-order valence-corrected chi connectivity index (χ1v) is 4.94. The number of carbonyl (C=O) groups excluding carboxylic acids is 1. The zero-order valence-electron chi connectivity index (χ0n) is 8.62. The molecule has 1 aliphatic rings. The third kappa shape index (κ3) is 1.80. The van der Waals surface area contributed by atoms with Crippen molar-refractivity contribution in [3.63, 3.8) is 0 Å². The number of rotatable bonds is 1. The van der Waals surface area contributed by atoms with Gasteiger partial charge in [0.1, 0.15) is 0 Å². The predicted molar refractivity (Wildman–Crippen MR) is 56.2 cm³/mol. The Morgan fingerprint density at radius 3 is 3.00 bits per heavy atom. The Morgan fingerprint density at radius 2 is 2.27 bits per heavy atom. The highest BCUT2D eigenvalue weighted by molar-refractivity contribution is 5.65. The topological polar surface area (TPSA) is 64.3 Å². The van der Waals surface area contributed by atoms with Crippen LogP contribution in [0.1, 0.15) is 18.1 Å². The van der Waals surface area contributed by atoms with E-state index in [1.807, 2.05) is 31.2 Å². The largest absolute Gasteiger partial charge is 0.424 e. The summed E-state index contributed by atoms with van der Waals surface area (Å²) >= 11 is 0. The Morgan fingerprint density at radius 1 is 1.53 bits per heavy atom. The highest BCUT2D eigenvalue weighted by Crippen LogP contribution is 2.29. The third-order valence-electron chi connectivity index (χ3n) is 2.69. The Bertz CT molecular complexity index is 392. The van der Waals surface area contributed by atoms with Crippen LogP contribution in [0.2, 0.25) is 0 Å². The van der Waals surface area contributed by atoms with Crippen molar-refractivity contribution in [3.8, 4) is 0 Å². The van der Waals surface area contributed by atoms with E-state index < -0.39 is 11.8 Å². The van der Waals surface area contributed by atoms with Crippen molar-refractivity contribution in [2.24, 2.45) is 5.73 Å². The number of primary amides is 1. The summed E-state index contributed by atoms with van der Waals surface area (Å²) in [6, 6.07) is 7.90. The van der Waals surface area contributed by atoms with E-state index in [0.717, 1.165) is 18.5 Å². The predicted octanol–water partition coefficient (Wildman–Crippen LogP) is 1.10. The van der Waals surface area contributed by atoms with Crippen LogP contribution in [0.4, 0.5) is 4.79 Å². The number of ether oxygens (including phenoxy) is 1. The lowest BCUT2D eigenvalue weighted by molar-refractivity contribution is -0.00508. The smallest absolute Gasteiger partial charge is 0.406 e. The minimum absolute atomic E-state index is 0.762. The molecule has 1 heterocycles. The van der Waals surface area contributed by atoms with Crippen LogP contribution < -0.4 is 11.1 Å². The molecule has 15 heavy (non-hydrogen) atoms. The molecule has 0 aromatic heterocycles. The fourth-order valence-electron chi connectivity index (χ4n) is 2.03. The Hall–Kier alpha value is -1.55. The van der Waals surface area contributed by atoms with E-state index in [1.54, 1.807) is 0 Å². The Labute approximate surface area is 88.4 Å². The van der Waals surface area contributed by atoms with Gasteiger partial charge in [0.05, 0.1) is 0 Å². The van der Waals surface area contributed by atoms with Crippen molar-refractivity contribution >= 4 is 6.09 Å². The van der Waals surface area contributed by atoms with Crippen LogP contribution in [0.3, 0.4) is 0 Å². The van der Waals surface area contributed by atoms with Gasteiger partial charge < -0.3 is 10.5 Å². The maximum Gasteiger partial charge on any atom is 0.406 e. The molecule has 0 saturated heterocycles. The maximum absolute atomic E-state index is 10.8. The third-order valence-corrected chi connectivity index (χ3v) is 2.69. The molecule has 2 rings (SSSR count). The number of hydrogen-bond acceptors (Lipinski definition) is 3. The second-order valence-electron chi connectivity index (χ2n) is 3.79. The van der Waals surface area contributed by atoms with Gasteiger partial charge >= 0.3 is 6.09 Å². The Balaban J connectivity index is 2.40. The zero-order valence-corrected chi connectivity index (χ0v) is 8.62. The molecule has 4 heteroatoms. The second kappa shape index (κ2) is 3.55. The molecule has 3 N–H and O–H groups in total. The molecule has 1 atom stereocenters. The monoisotopic (exact) mass is 206 g/mol. The number of nitrogens with one attached hydrogen (secondary N) is 1. The fourth-order valence-corrected chi connectivity index (χ4v) is 2.03. The molecule has 0 saturated carbocycles. The van der Waals surface area contributed by atoms with E-state index in [0.29, 0.717) is 0 Å². The molecule has 1 amide bonds. The van der Waals surface area contributed by atoms with E-state index in [4.69, 9.17) is 10.5 Å². The quantitative estimate of drug-likeness (QED) is 0.723. The highest BCUT2D eigenvalue weighted by Gasteiger charge is 2.34. The van der Waals surface area contributed by atoms with E-state index in [9.17, 15) is 4.79 Å². The summed E-state index contributed by atoms with van der Waals surface area (Å²) in [5.74, 6) is 0. The number of benzene rings is 1. The number of fused-ring (bicyclic) bond motifs is 1. The van der Waals surface area contributed by atoms with Gasteiger partial charge in [-0.1, -0.05) is 24.3 Å². The lowest BCUT2D eigenvalue weighted by Crippen LogP contribution is -2.49. The SMILES string of the molecule is CC1(OC(N)=O)NCCc2ccccc21. The molecule has 1 aromatic rings. The van der Waals surface area contributed by atoms with Crippen LogP contribution in [0, 0.1) is 0 Å². The van der Waals surface area contributed by atoms with Gasteiger partial charge in [-0.25, -0.2) is 4.79 Å². The molecule has 0 bridgehead atoms. The summed E-state index contributed by atoms with van der Waals surface area (Å²) in [5.41, 5.74) is 6.45. The van der Waals surface area contributed by atoms with Crippen molar-refractivity contribution < 1.29 is 9.53 Å². The number of nitrogens with two attached hydrogens (primary N) is 1. The van der Waals surface area contributed by atoms with Crippen molar-refractivity contribution in [1.29, 1.82) is 0 Å². The Kier molecular flexibility index (Phi) is 2.36. The van der Waals surface area contributed by atoms with Gasteiger partial charge in [0, 0.05) is 12.1 Å². The van der Waals surface area contributed by atoms with Gasteiger partial charge in [-0.15, -0.1) is 0 Å². The van der Waals surface area contributed by atoms with Crippen LogP contribution in [0.25, 0.3) is 0 Å².